The van der Waals surface area contributed by atoms with Crippen molar-refractivity contribution in [1.82, 2.24) is 0 Å². The molecule has 24 heavy (non-hydrogen) atoms. The fraction of sp³-hybridized carbons (Fsp3) is 0.182. The molecule has 0 spiro atoms. The van der Waals surface area contributed by atoms with E-state index < -0.39 is 0 Å². The third-order valence-electron chi connectivity index (χ3n) is 4.22. The van der Waals surface area contributed by atoms with E-state index >= 15 is 0 Å². The predicted molar refractivity (Wildman–Crippen MR) is 98.8 cm³/mol. The molecule has 0 bridgehead atoms. The van der Waals surface area contributed by atoms with Crippen LogP contribution in [0.5, 0.6) is 0 Å². The number of aliphatic hydroxyl groups is 1. The molecular weight excluding hydrogens is 296 g/mol. The van der Waals surface area contributed by atoms with E-state index in [9.17, 15) is 0 Å². The van der Waals surface area contributed by atoms with Gasteiger partial charge in [0.2, 0.25) is 0 Å². The van der Waals surface area contributed by atoms with Crippen LogP contribution < -0.4 is 0 Å². The minimum Gasteiger partial charge on any atom is -0.394 e. The molecule has 3 aromatic rings. The average molecular weight is 318 g/mol. The Labute approximate surface area is 143 Å². The van der Waals surface area contributed by atoms with E-state index in [-0.39, 0.29) is 6.61 Å². The van der Waals surface area contributed by atoms with Crippen molar-refractivity contribution in [3.63, 3.8) is 0 Å². The van der Waals surface area contributed by atoms with Gasteiger partial charge in [-0.2, -0.15) is 0 Å². The maximum Gasteiger partial charge on any atom is 0.0720 e. The van der Waals surface area contributed by atoms with Crippen LogP contribution in [0.3, 0.4) is 0 Å². The number of benzene rings is 3. The van der Waals surface area contributed by atoms with Crippen molar-refractivity contribution in [3.8, 4) is 22.3 Å². The van der Waals surface area contributed by atoms with E-state index in [0.29, 0.717) is 13.2 Å². The fourth-order valence-corrected chi connectivity index (χ4v) is 2.99. The van der Waals surface area contributed by atoms with Crippen LogP contribution in [-0.2, 0) is 11.3 Å². The summed E-state index contributed by atoms with van der Waals surface area (Å²) in [5.74, 6) is 0. The molecule has 2 nitrogen and oxygen atoms in total. The van der Waals surface area contributed by atoms with E-state index in [0.717, 1.165) is 5.56 Å². The summed E-state index contributed by atoms with van der Waals surface area (Å²) >= 11 is 0. The highest BCUT2D eigenvalue weighted by Gasteiger charge is 2.13. The van der Waals surface area contributed by atoms with Crippen molar-refractivity contribution in [2.45, 2.75) is 13.5 Å². The molecule has 0 unspecified atom stereocenters. The molecule has 0 heterocycles. The van der Waals surface area contributed by atoms with E-state index in [1.165, 1.54) is 27.8 Å². The van der Waals surface area contributed by atoms with Gasteiger partial charge in [-0.15, -0.1) is 0 Å². The maximum atomic E-state index is 8.91. The first-order valence-corrected chi connectivity index (χ1v) is 8.23. The van der Waals surface area contributed by atoms with Gasteiger partial charge in [-0.25, -0.2) is 0 Å². The SMILES string of the molecule is Cc1c(COCCO)ccc(-c2ccccc2)c1-c1ccccc1. The Hall–Kier alpha value is -2.42. The molecule has 0 aliphatic heterocycles. The molecule has 3 aromatic carbocycles. The summed E-state index contributed by atoms with van der Waals surface area (Å²) in [6, 6.07) is 25.2. The summed E-state index contributed by atoms with van der Waals surface area (Å²) < 4.78 is 5.54. The summed E-state index contributed by atoms with van der Waals surface area (Å²) in [6.07, 6.45) is 0. The Morgan fingerprint density at radius 2 is 1.42 bits per heavy atom. The Bertz CT molecular complexity index is 780. The molecule has 0 aliphatic carbocycles. The molecular formula is C22H22O2. The van der Waals surface area contributed by atoms with Gasteiger partial charge in [0.15, 0.2) is 0 Å². The van der Waals surface area contributed by atoms with Gasteiger partial charge in [0.25, 0.3) is 0 Å². The predicted octanol–water partition coefficient (Wildman–Crippen LogP) is 4.84. The van der Waals surface area contributed by atoms with Gasteiger partial charge in [-0.05, 0) is 40.3 Å². The largest absolute Gasteiger partial charge is 0.394 e. The molecule has 0 aliphatic rings. The lowest BCUT2D eigenvalue weighted by Crippen LogP contribution is -2.02. The molecule has 0 saturated heterocycles. The Kier molecular flexibility index (Phi) is 5.42. The first kappa shape index (κ1) is 16.4. The van der Waals surface area contributed by atoms with E-state index in [1.54, 1.807) is 0 Å². The highest BCUT2D eigenvalue weighted by Crippen LogP contribution is 2.36. The van der Waals surface area contributed by atoms with Crippen LogP contribution in [0, 0.1) is 6.92 Å². The van der Waals surface area contributed by atoms with Crippen LogP contribution in [0.2, 0.25) is 0 Å². The van der Waals surface area contributed by atoms with Gasteiger partial charge in [-0.3, -0.25) is 0 Å². The van der Waals surface area contributed by atoms with E-state index in [2.05, 4.69) is 67.6 Å². The summed E-state index contributed by atoms with van der Waals surface area (Å²) in [5.41, 5.74) is 7.26. The van der Waals surface area contributed by atoms with Gasteiger partial charge in [0.1, 0.15) is 0 Å². The zero-order valence-corrected chi connectivity index (χ0v) is 13.9. The van der Waals surface area contributed by atoms with Crippen molar-refractivity contribution < 1.29 is 9.84 Å². The van der Waals surface area contributed by atoms with Gasteiger partial charge < -0.3 is 9.84 Å². The highest BCUT2D eigenvalue weighted by atomic mass is 16.5. The molecule has 0 amide bonds. The Morgan fingerprint density at radius 1 is 0.792 bits per heavy atom. The summed E-state index contributed by atoms with van der Waals surface area (Å²) in [5, 5.41) is 8.91. The van der Waals surface area contributed by atoms with Crippen molar-refractivity contribution >= 4 is 0 Å². The summed E-state index contributed by atoms with van der Waals surface area (Å²) in [4.78, 5) is 0. The van der Waals surface area contributed by atoms with E-state index in [4.69, 9.17) is 9.84 Å². The maximum absolute atomic E-state index is 8.91. The van der Waals surface area contributed by atoms with Crippen LogP contribution in [-0.4, -0.2) is 18.3 Å². The van der Waals surface area contributed by atoms with Crippen LogP contribution in [0.1, 0.15) is 11.1 Å². The monoisotopic (exact) mass is 318 g/mol. The highest BCUT2D eigenvalue weighted by molar-refractivity contribution is 5.86. The number of hydrogen-bond donors (Lipinski definition) is 1. The normalized spacial score (nSPS) is 10.8. The molecule has 0 aromatic heterocycles. The topological polar surface area (TPSA) is 29.5 Å². The first-order chi connectivity index (χ1) is 11.8. The van der Waals surface area contributed by atoms with Crippen molar-refractivity contribution in [1.29, 1.82) is 0 Å². The molecule has 0 fully saturated rings. The number of aliphatic hydroxyl groups excluding tert-OH is 1. The number of hydrogen-bond acceptors (Lipinski definition) is 2. The average Bonchev–Trinajstić information content (AvgIpc) is 2.64. The first-order valence-electron chi connectivity index (χ1n) is 8.23. The van der Waals surface area contributed by atoms with E-state index in [1.807, 2.05) is 12.1 Å². The summed E-state index contributed by atoms with van der Waals surface area (Å²) in [6.45, 7) is 3.07. The molecule has 0 radical (unpaired) electrons. The van der Waals surface area contributed by atoms with Gasteiger partial charge in [0, 0.05) is 0 Å². The molecule has 122 valence electrons. The van der Waals surface area contributed by atoms with Crippen molar-refractivity contribution in [2.75, 3.05) is 13.2 Å². The molecule has 2 heteroatoms. The minimum absolute atomic E-state index is 0.0483. The Balaban J connectivity index is 2.11. The smallest absolute Gasteiger partial charge is 0.0720 e. The van der Waals surface area contributed by atoms with Crippen molar-refractivity contribution in [2.24, 2.45) is 0 Å². The minimum atomic E-state index is 0.0483. The van der Waals surface area contributed by atoms with Crippen LogP contribution in [0.25, 0.3) is 22.3 Å². The van der Waals surface area contributed by atoms with Gasteiger partial charge >= 0.3 is 0 Å². The zero-order chi connectivity index (χ0) is 16.8. The molecule has 0 atom stereocenters. The van der Waals surface area contributed by atoms with Crippen LogP contribution in [0.15, 0.2) is 72.8 Å². The van der Waals surface area contributed by atoms with Crippen LogP contribution >= 0.6 is 0 Å². The Morgan fingerprint density at radius 3 is 2.04 bits per heavy atom. The van der Waals surface area contributed by atoms with Crippen LogP contribution in [0.4, 0.5) is 0 Å². The second-order valence-electron chi connectivity index (χ2n) is 5.78. The van der Waals surface area contributed by atoms with Gasteiger partial charge in [-0.1, -0.05) is 72.8 Å². The second-order valence-corrected chi connectivity index (χ2v) is 5.78. The lowest BCUT2D eigenvalue weighted by Gasteiger charge is -2.17. The van der Waals surface area contributed by atoms with Crippen molar-refractivity contribution in [3.05, 3.63) is 83.9 Å². The lowest BCUT2D eigenvalue weighted by molar-refractivity contribution is 0.0813. The standard InChI is InChI=1S/C22H22O2/c1-17-20(16-24-15-14-23)12-13-21(18-8-4-2-5-9-18)22(17)19-10-6-3-7-11-19/h2-13,23H,14-16H2,1H3. The molecule has 3 rings (SSSR count). The lowest BCUT2D eigenvalue weighted by atomic mass is 9.88. The second kappa shape index (κ2) is 7.91. The fourth-order valence-electron chi connectivity index (χ4n) is 2.99. The summed E-state index contributed by atoms with van der Waals surface area (Å²) in [7, 11) is 0. The molecule has 1 N–H and O–H groups in total. The zero-order valence-electron chi connectivity index (χ0n) is 13.9. The third-order valence-corrected chi connectivity index (χ3v) is 4.22. The third kappa shape index (κ3) is 3.56. The van der Waals surface area contributed by atoms with Gasteiger partial charge in [0.05, 0.1) is 19.8 Å². The number of rotatable bonds is 6. The number of ether oxygens (including phenoxy) is 1. The molecule has 0 saturated carbocycles. The quantitative estimate of drug-likeness (QED) is 0.659.